The molecule has 6 nitrogen and oxygen atoms in total. The second-order valence-electron chi connectivity index (χ2n) is 4.01. The van der Waals surface area contributed by atoms with Crippen molar-refractivity contribution in [3.63, 3.8) is 0 Å². The molecule has 0 aliphatic carbocycles. The second kappa shape index (κ2) is 5.88. The van der Waals surface area contributed by atoms with Gasteiger partial charge >= 0.3 is 5.97 Å². The number of aromatic carboxylic acids is 1. The van der Waals surface area contributed by atoms with Crippen LogP contribution in [0.15, 0.2) is 23.1 Å². The van der Waals surface area contributed by atoms with E-state index < -0.39 is 47.9 Å². The fourth-order valence-electron chi connectivity index (χ4n) is 1.38. The molecule has 0 aliphatic heterocycles. The van der Waals surface area contributed by atoms with E-state index in [4.69, 9.17) is 5.11 Å². The Kier molecular flexibility index (Phi) is 4.87. The molecule has 0 aliphatic rings. The van der Waals surface area contributed by atoms with E-state index in [2.05, 4.69) is 0 Å². The van der Waals surface area contributed by atoms with Gasteiger partial charge in [0.05, 0.1) is 17.1 Å². The van der Waals surface area contributed by atoms with Gasteiger partial charge in [0.1, 0.15) is 10.7 Å². The molecular formula is C11H13FO6S2. The van der Waals surface area contributed by atoms with Gasteiger partial charge in [-0.1, -0.05) is 6.92 Å². The van der Waals surface area contributed by atoms with Crippen LogP contribution >= 0.6 is 0 Å². The first kappa shape index (κ1) is 16.6. The smallest absolute Gasteiger partial charge is 0.335 e. The van der Waals surface area contributed by atoms with Gasteiger partial charge in [0.2, 0.25) is 0 Å². The Morgan fingerprint density at radius 3 is 2.25 bits per heavy atom. The highest BCUT2D eigenvalue weighted by molar-refractivity contribution is 7.95. The molecule has 1 N–H and O–H groups in total. The van der Waals surface area contributed by atoms with E-state index in [1.54, 1.807) is 0 Å². The van der Waals surface area contributed by atoms with Crippen LogP contribution in [0.1, 0.15) is 17.3 Å². The lowest BCUT2D eigenvalue weighted by atomic mass is 10.2. The zero-order chi connectivity index (χ0) is 15.6. The maximum atomic E-state index is 13.6. The number of halogens is 1. The zero-order valence-electron chi connectivity index (χ0n) is 10.5. The molecule has 0 aromatic heterocycles. The molecule has 0 fully saturated rings. The molecule has 112 valence electrons. The standard InChI is InChI=1S/C11H13FO6S2/c1-2-19(15,16)5-6-20(17,18)10-4-3-8(11(13)14)7-9(10)12/h3-4,7H,2,5-6H2,1H3,(H,13,14). The summed E-state index contributed by atoms with van der Waals surface area (Å²) < 4.78 is 59.8. The summed E-state index contributed by atoms with van der Waals surface area (Å²) in [4.78, 5) is 9.91. The van der Waals surface area contributed by atoms with Crippen molar-refractivity contribution in [3.05, 3.63) is 29.6 Å². The SMILES string of the molecule is CCS(=O)(=O)CCS(=O)(=O)c1ccc(C(=O)O)cc1F. The van der Waals surface area contributed by atoms with E-state index in [1.165, 1.54) is 6.92 Å². The van der Waals surface area contributed by atoms with E-state index in [0.29, 0.717) is 6.07 Å². The molecule has 1 aromatic carbocycles. The fraction of sp³-hybridized carbons (Fsp3) is 0.364. The van der Waals surface area contributed by atoms with Crippen molar-refractivity contribution in [1.29, 1.82) is 0 Å². The number of hydrogen-bond donors (Lipinski definition) is 1. The highest BCUT2D eigenvalue weighted by Crippen LogP contribution is 2.18. The summed E-state index contributed by atoms with van der Waals surface area (Å²) in [5.74, 6) is -4.15. The Labute approximate surface area is 116 Å². The molecule has 1 aromatic rings. The third-order valence-electron chi connectivity index (χ3n) is 2.62. The Hall–Kier alpha value is -1.48. The molecule has 0 radical (unpaired) electrons. The molecule has 0 saturated carbocycles. The summed E-state index contributed by atoms with van der Waals surface area (Å²) in [6, 6.07) is 2.36. The van der Waals surface area contributed by atoms with Crippen LogP contribution in [-0.4, -0.2) is 45.2 Å². The van der Waals surface area contributed by atoms with Crippen molar-refractivity contribution in [3.8, 4) is 0 Å². The van der Waals surface area contributed by atoms with Crippen LogP contribution in [0.3, 0.4) is 0 Å². The number of sulfone groups is 2. The predicted molar refractivity (Wildman–Crippen MR) is 69.7 cm³/mol. The van der Waals surface area contributed by atoms with Gasteiger partial charge in [-0.25, -0.2) is 26.0 Å². The maximum absolute atomic E-state index is 13.6. The van der Waals surface area contributed by atoms with Crippen LogP contribution in [0, 0.1) is 5.82 Å². The van der Waals surface area contributed by atoms with Crippen LogP contribution < -0.4 is 0 Å². The molecular weight excluding hydrogens is 311 g/mol. The fourth-order valence-corrected chi connectivity index (χ4v) is 4.41. The molecule has 0 saturated heterocycles. The Morgan fingerprint density at radius 1 is 1.20 bits per heavy atom. The lowest BCUT2D eigenvalue weighted by Gasteiger charge is -2.06. The topological polar surface area (TPSA) is 106 Å². The van der Waals surface area contributed by atoms with Crippen molar-refractivity contribution in [2.75, 3.05) is 17.3 Å². The molecule has 9 heteroatoms. The van der Waals surface area contributed by atoms with Gasteiger partial charge in [-0.15, -0.1) is 0 Å². The van der Waals surface area contributed by atoms with E-state index >= 15 is 0 Å². The minimum Gasteiger partial charge on any atom is -0.478 e. The molecule has 0 unspecified atom stereocenters. The van der Waals surface area contributed by atoms with Gasteiger partial charge < -0.3 is 5.11 Å². The summed E-state index contributed by atoms with van der Waals surface area (Å²) in [7, 11) is -7.61. The molecule has 0 spiro atoms. The Morgan fingerprint density at radius 2 is 1.80 bits per heavy atom. The zero-order valence-corrected chi connectivity index (χ0v) is 12.2. The van der Waals surface area contributed by atoms with Crippen molar-refractivity contribution in [2.24, 2.45) is 0 Å². The minimum absolute atomic E-state index is 0.205. The summed E-state index contributed by atoms with van der Waals surface area (Å²) in [5, 5.41) is 8.65. The van der Waals surface area contributed by atoms with Crippen molar-refractivity contribution >= 4 is 25.6 Å². The van der Waals surface area contributed by atoms with Crippen molar-refractivity contribution < 1.29 is 31.1 Å². The molecule has 0 amide bonds. The summed E-state index contributed by atoms with van der Waals surface area (Å²) >= 11 is 0. The lowest BCUT2D eigenvalue weighted by molar-refractivity contribution is 0.0696. The largest absolute Gasteiger partial charge is 0.478 e. The maximum Gasteiger partial charge on any atom is 0.335 e. The first-order valence-electron chi connectivity index (χ1n) is 5.55. The molecule has 0 atom stereocenters. The minimum atomic E-state index is -4.12. The van der Waals surface area contributed by atoms with Crippen LogP contribution in [0.2, 0.25) is 0 Å². The summed E-state index contributed by atoms with van der Waals surface area (Å²) in [6.45, 7) is 1.38. The van der Waals surface area contributed by atoms with Gasteiger partial charge in [-0.3, -0.25) is 0 Å². The van der Waals surface area contributed by atoms with Gasteiger partial charge in [-0.2, -0.15) is 0 Å². The molecule has 0 heterocycles. The van der Waals surface area contributed by atoms with Gasteiger partial charge in [0, 0.05) is 5.75 Å². The molecule has 1 rings (SSSR count). The van der Waals surface area contributed by atoms with E-state index in [-0.39, 0.29) is 11.3 Å². The molecule has 0 bridgehead atoms. The van der Waals surface area contributed by atoms with Crippen LogP contribution in [0.4, 0.5) is 4.39 Å². The van der Waals surface area contributed by atoms with E-state index in [0.717, 1.165) is 12.1 Å². The van der Waals surface area contributed by atoms with E-state index in [1.807, 2.05) is 0 Å². The summed E-state index contributed by atoms with van der Waals surface area (Å²) in [6.07, 6.45) is 0. The van der Waals surface area contributed by atoms with Gasteiger partial charge in [0.25, 0.3) is 0 Å². The van der Waals surface area contributed by atoms with Crippen LogP contribution in [0.5, 0.6) is 0 Å². The average Bonchev–Trinajstić information content (AvgIpc) is 2.36. The first-order valence-corrected chi connectivity index (χ1v) is 9.02. The lowest BCUT2D eigenvalue weighted by Crippen LogP contribution is -2.19. The predicted octanol–water partition coefficient (Wildman–Crippen LogP) is 0.732. The number of carboxylic acid groups (broad SMARTS) is 1. The average molecular weight is 324 g/mol. The van der Waals surface area contributed by atoms with Crippen LogP contribution in [0.25, 0.3) is 0 Å². The third-order valence-corrected chi connectivity index (χ3v) is 6.32. The van der Waals surface area contributed by atoms with Gasteiger partial charge in [-0.05, 0) is 18.2 Å². The Bertz CT molecular complexity index is 721. The molecule has 20 heavy (non-hydrogen) atoms. The highest BCUT2D eigenvalue weighted by atomic mass is 32.2. The summed E-state index contributed by atoms with van der Waals surface area (Å²) in [5.41, 5.74) is -0.386. The van der Waals surface area contributed by atoms with E-state index in [9.17, 15) is 26.0 Å². The number of carbonyl (C=O) groups is 1. The normalized spacial score (nSPS) is 12.3. The quantitative estimate of drug-likeness (QED) is 0.827. The monoisotopic (exact) mass is 324 g/mol. The number of carboxylic acids is 1. The van der Waals surface area contributed by atoms with Gasteiger partial charge in [0.15, 0.2) is 19.7 Å². The third kappa shape index (κ3) is 4.01. The van der Waals surface area contributed by atoms with Crippen molar-refractivity contribution in [1.82, 2.24) is 0 Å². The Balaban J connectivity index is 3.08. The van der Waals surface area contributed by atoms with Crippen molar-refractivity contribution in [2.45, 2.75) is 11.8 Å². The highest BCUT2D eigenvalue weighted by Gasteiger charge is 2.23. The van der Waals surface area contributed by atoms with Crippen LogP contribution in [-0.2, 0) is 19.7 Å². The number of benzene rings is 1. The number of hydrogen-bond acceptors (Lipinski definition) is 5. The number of rotatable bonds is 6. The first-order chi connectivity index (χ1) is 9.09. The second-order valence-corrected chi connectivity index (χ2v) is 8.56.